The molecule has 1 aliphatic heterocycles. The minimum atomic E-state index is -0.452. The molecule has 0 aromatic carbocycles. The number of carbonyl (C=O) groups is 1. The van der Waals surface area contributed by atoms with Crippen LogP contribution in [0, 0.1) is 0 Å². The van der Waals surface area contributed by atoms with E-state index in [1.54, 1.807) is 17.2 Å². The molecule has 0 bridgehead atoms. The highest BCUT2D eigenvalue weighted by atomic mass is 35.5. The Morgan fingerprint density at radius 2 is 2.27 bits per heavy atom. The van der Waals surface area contributed by atoms with Crippen molar-refractivity contribution in [1.82, 2.24) is 15.2 Å². The lowest BCUT2D eigenvalue weighted by atomic mass is 10.1. The van der Waals surface area contributed by atoms with Gasteiger partial charge in [0.2, 0.25) is 0 Å². The highest BCUT2D eigenvalue weighted by Gasteiger charge is 2.27. The second-order valence-corrected chi connectivity index (χ2v) is 7.02. The molecule has 1 unspecified atom stereocenters. The second kappa shape index (κ2) is 7.29. The third-order valence-electron chi connectivity index (χ3n) is 3.46. The minimum Gasteiger partial charge on any atom is -0.444 e. The summed E-state index contributed by atoms with van der Waals surface area (Å²) in [5, 5.41) is 3.97. The molecule has 1 fully saturated rings. The number of hydrogen-bond donors (Lipinski definition) is 1. The van der Waals surface area contributed by atoms with Gasteiger partial charge in [-0.05, 0) is 45.2 Å². The highest BCUT2D eigenvalue weighted by Crippen LogP contribution is 2.16. The summed E-state index contributed by atoms with van der Waals surface area (Å²) in [5.74, 6) is 0. The summed E-state index contributed by atoms with van der Waals surface area (Å²) in [5.41, 5.74) is 0.630. The Morgan fingerprint density at radius 1 is 1.50 bits per heavy atom. The van der Waals surface area contributed by atoms with Crippen LogP contribution in [0.1, 0.15) is 39.2 Å². The second-order valence-electron chi connectivity index (χ2n) is 6.64. The zero-order chi connectivity index (χ0) is 16.2. The molecule has 2 heterocycles. The van der Waals surface area contributed by atoms with Gasteiger partial charge in [0.25, 0.3) is 0 Å². The smallest absolute Gasteiger partial charge is 0.410 e. The van der Waals surface area contributed by atoms with Gasteiger partial charge in [-0.2, -0.15) is 0 Å². The highest BCUT2D eigenvalue weighted by molar-refractivity contribution is 6.29. The molecular weight excluding hydrogens is 302 g/mol. The van der Waals surface area contributed by atoms with Crippen LogP contribution in [0.4, 0.5) is 4.79 Å². The van der Waals surface area contributed by atoms with E-state index in [4.69, 9.17) is 16.3 Å². The predicted octanol–water partition coefficient (Wildman–Crippen LogP) is 3.22. The van der Waals surface area contributed by atoms with Gasteiger partial charge in [0.1, 0.15) is 10.8 Å². The van der Waals surface area contributed by atoms with E-state index in [1.165, 1.54) is 0 Å². The average Bonchev–Trinajstić information content (AvgIpc) is 2.45. The van der Waals surface area contributed by atoms with Crippen molar-refractivity contribution in [1.29, 1.82) is 0 Å². The van der Waals surface area contributed by atoms with Gasteiger partial charge in [-0.15, -0.1) is 0 Å². The summed E-state index contributed by atoms with van der Waals surface area (Å²) in [6.45, 7) is 7.82. The van der Waals surface area contributed by atoms with E-state index in [0.29, 0.717) is 11.7 Å². The first-order chi connectivity index (χ1) is 10.3. The van der Waals surface area contributed by atoms with Gasteiger partial charge in [-0.3, -0.25) is 0 Å². The van der Waals surface area contributed by atoms with Crippen LogP contribution in [0.25, 0.3) is 0 Å². The maximum Gasteiger partial charge on any atom is 0.410 e. The van der Waals surface area contributed by atoms with Gasteiger partial charge in [-0.25, -0.2) is 9.78 Å². The molecule has 1 N–H and O–H groups in total. The standard InChI is InChI=1S/C16H24ClN3O2/c1-16(2,3)22-15(21)20-8-4-5-13(11-20)18-9-12-6-7-14(17)19-10-12/h6-7,10,13,18H,4-5,8-9,11H2,1-3H3. The first-order valence-electron chi connectivity index (χ1n) is 7.65. The summed E-state index contributed by atoms with van der Waals surface area (Å²) < 4.78 is 5.44. The first kappa shape index (κ1) is 17.0. The monoisotopic (exact) mass is 325 g/mol. The van der Waals surface area contributed by atoms with Gasteiger partial charge in [-0.1, -0.05) is 17.7 Å². The fraction of sp³-hybridized carbons (Fsp3) is 0.625. The number of aromatic nitrogens is 1. The van der Waals surface area contributed by atoms with Crippen molar-refractivity contribution in [3.8, 4) is 0 Å². The van der Waals surface area contributed by atoms with Gasteiger partial charge in [0.15, 0.2) is 0 Å². The topological polar surface area (TPSA) is 54.5 Å². The number of nitrogens with one attached hydrogen (secondary N) is 1. The lowest BCUT2D eigenvalue weighted by Crippen LogP contribution is -2.49. The molecule has 0 saturated carbocycles. The van der Waals surface area contributed by atoms with Crippen molar-refractivity contribution in [2.75, 3.05) is 13.1 Å². The normalized spacial score (nSPS) is 19.1. The number of halogens is 1. The third kappa shape index (κ3) is 5.46. The molecule has 1 aromatic rings. The minimum absolute atomic E-state index is 0.229. The fourth-order valence-electron chi connectivity index (χ4n) is 2.41. The Labute approximate surface area is 137 Å². The third-order valence-corrected chi connectivity index (χ3v) is 3.68. The Bertz CT molecular complexity index is 499. The van der Waals surface area contributed by atoms with E-state index in [-0.39, 0.29) is 12.1 Å². The zero-order valence-electron chi connectivity index (χ0n) is 13.4. The van der Waals surface area contributed by atoms with Crippen LogP contribution < -0.4 is 5.32 Å². The Hall–Kier alpha value is -1.33. The number of hydrogen-bond acceptors (Lipinski definition) is 4. The fourth-order valence-corrected chi connectivity index (χ4v) is 2.52. The number of amides is 1. The van der Waals surface area contributed by atoms with Crippen LogP contribution >= 0.6 is 11.6 Å². The Kier molecular flexibility index (Phi) is 5.64. The number of rotatable bonds is 3. The molecule has 1 atom stereocenters. The van der Waals surface area contributed by atoms with Gasteiger partial charge in [0.05, 0.1) is 0 Å². The van der Waals surface area contributed by atoms with Crippen molar-refractivity contribution >= 4 is 17.7 Å². The molecule has 0 aliphatic carbocycles. The van der Waals surface area contributed by atoms with Crippen LogP contribution in [-0.2, 0) is 11.3 Å². The SMILES string of the molecule is CC(C)(C)OC(=O)N1CCCC(NCc2ccc(Cl)nc2)C1. The average molecular weight is 326 g/mol. The molecule has 0 spiro atoms. The van der Waals surface area contributed by atoms with E-state index in [9.17, 15) is 4.79 Å². The van der Waals surface area contributed by atoms with Crippen LogP contribution in [0.2, 0.25) is 5.15 Å². The Balaban J connectivity index is 1.82. The van der Waals surface area contributed by atoms with Crippen molar-refractivity contribution in [3.63, 3.8) is 0 Å². The molecule has 22 heavy (non-hydrogen) atoms. The summed E-state index contributed by atoms with van der Waals surface area (Å²) in [6.07, 6.45) is 3.58. The maximum absolute atomic E-state index is 12.1. The molecule has 1 amide bonds. The molecule has 5 nitrogen and oxygen atoms in total. The summed E-state index contributed by atoms with van der Waals surface area (Å²) in [6, 6.07) is 4.01. The van der Waals surface area contributed by atoms with Gasteiger partial charge in [0, 0.05) is 31.9 Å². The molecule has 6 heteroatoms. The van der Waals surface area contributed by atoms with Gasteiger partial charge < -0.3 is 15.0 Å². The largest absolute Gasteiger partial charge is 0.444 e. The van der Waals surface area contributed by atoms with E-state index in [0.717, 1.165) is 31.5 Å². The number of ether oxygens (including phenoxy) is 1. The predicted molar refractivity (Wildman–Crippen MR) is 86.9 cm³/mol. The van der Waals surface area contributed by atoms with E-state index < -0.39 is 5.60 Å². The quantitative estimate of drug-likeness (QED) is 0.867. The van der Waals surface area contributed by atoms with E-state index >= 15 is 0 Å². The maximum atomic E-state index is 12.1. The van der Waals surface area contributed by atoms with E-state index in [2.05, 4.69) is 10.3 Å². The number of pyridine rings is 1. The molecule has 122 valence electrons. The summed E-state index contributed by atoms with van der Waals surface area (Å²) in [4.78, 5) is 18.0. The number of nitrogens with zero attached hydrogens (tertiary/aromatic N) is 2. The van der Waals surface area contributed by atoms with Crippen molar-refractivity contribution in [2.45, 2.75) is 51.8 Å². The lowest BCUT2D eigenvalue weighted by Gasteiger charge is -2.34. The molecular formula is C16H24ClN3O2. The summed E-state index contributed by atoms with van der Waals surface area (Å²) >= 11 is 5.78. The van der Waals surface area contributed by atoms with Crippen LogP contribution in [0.3, 0.4) is 0 Å². The molecule has 1 aliphatic rings. The van der Waals surface area contributed by atoms with E-state index in [1.807, 2.05) is 26.8 Å². The number of piperidine rings is 1. The molecule has 2 rings (SSSR count). The van der Waals surface area contributed by atoms with Crippen molar-refractivity contribution in [3.05, 3.63) is 29.0 Å². The number of carbonyl (C=O) groups excluding carboxylic acids is 1. The van der Waals surface area contributed by atoms with Crippen molar-refractivity contribution in [2.24, 2.45) is 0 Å². The van der Waals surface area contributed by atoms with Crippen molar-refractivity contribution < 1.29 is 9.53 Å². The zero-order valence-corrected chi connectivity index (χ0v) is 14.2. The van der Waals surface area contributed by atoms with Crippen LogP contribution in [-0.4, -0.2) is 40.7 Å². The summed E-state index contributed by atoms with van der Waals surface area (Å²) in [7, 11) is 0. The molecule has 0 radical (unpaired) electrons. The molecule has 1 saturated heterocycles. The van der Waals surface area contributed by atoms with Crippen LogP contribution in [0.5, 0.6) is 0 Å². The number of likely N-dealkylation sites (tertiary alicyclic amines) is 1. The lowest BCUT2D eigenvalue weighted by molar-refractivity contribution is 0.0187. The molecule has 1 aromatic heterocycles. The van der Waals surface area contributed by atoms with Crippen LogP contribution in [0.15, 0.2) is 18.3 Å². The Morgan fingerprint density at radius 3 is 2.91 bits per heavy atom. The first-order valence-corrected chi connectivity index (χ1v) is 8.03. The van der Waals surface area contributed by atoms with Gasteiger partial charge >= 0.3 is 6.09 Å².